The van der Waals surface area contributed by atoms with Gasteiger partial charge in [-0.2, -0.15) is 0 Å². The van der Waals surface area contributed by atoms with E-state index >= 15 is 0 Å². The molecule has 1 aromatic heterocycles. The van der Waals surface area contributed by atoms with Crippen molar-refractivity contribution in [3.63, 3.8) is 0 Å². The Kier molecular flexibility index (Phi) is 5.77. The molecule has 33 heavy (non-hydrogen) atoms. The van der Waals surface area contributed by atoms with Crippen molar-refractivity contribution < 1.29 is 19.4 Å². The Morgan fingerprint density at radius 1 is 1.15 bits per heavy atom. The molecule has 0 spiro atoms. The first-order valence-electron chi connectivity index (χ1n) is 11.3. The maximum absolute atomic E-state index is 11.1. The Balaban J connectivity index is 1.39. The zero-order valence-electron chi connectivity index (χ0n) is 18.5. The van der Waals surface area contributed by atoms with Crippen molar-refractivity contribution in [2.45, 2.75) is 31.7 Å². The number of anilines is 3. The number of pyridine rings is 1. The van der Waals surface area contributed by atoms with Crippen LogP contribution < -0.4 is 19.7 Å². The lowest BCUT2D eigenvalue weighted by Crippen LogP contribution is -2.18. The number of rotatable bonds is 8. The summed E-state index contributed by atoms with van der Waals surface area (Å²) in [4.78, 5) is 17.6. The summed E-state index contributed by atoms with van der Waals surface area (Å²) >= 11 is 0. The minimum absolute atomic E-state index is 0.00611. The molecule has 2 aliphatic heterocycles. The molecule has 0 saturated carbocycles. The van der Waals surface area contributed by atoms with Crippen molar-refractivity contribution in [1.29, 1.82) is 0 Å². The van der Waals surface area contributed by atoms with Gasteiger partial charge in [0.25, 0.3) is 0 Å². The molecule has 3 heterocycles. The highest BCUT2D eigenvalue weighted by Gasteiger charge is 2.30. The maximum atomic E-state index is 11.1. The molecule has 0 aliphatic carbocycles. The average molecular weight is 446 g/mol. The number of nitrogens with one attached hydrogen (secondary N) is 1. The summed E-state index contributed by atoms with van der Waals surface area (Å²) in [6.07, 6.45) is 4.74. The fraction of sp³-hybridized carbons (Fsp3) is 0.308. The third kappa shape index (κ3) is 4.18. The lowest BCUT2D eigenvalue weighted by atomic mass is 9.97. The third-order valence-corrected chi connectivity index (χ3v) is 6.15. The van der Waals surface area contributed by atoms with Crippen molar-refractivity contribution in [1.82, 2.24) is 4.98 Å². The largest absolute Gasteiger partial charge is 0.493 e. The van der Waals surface area contributed by atoms with Crippen LogP contribution in [0.2, 0.25) is 0 Å². The molecule has 0 fully saturated rings. The quantitative estimate of drug-likeness (QED) is 0.497. The lowest BCUT2D eigenvalue weighted by Gasteiger charge is -2.25. The van der Waals surface area contributed by atoms with Crippen molar-refractivity contribution in [2.24, 2.45) is 0 Å². The highest BCUT2D eigenvalue weighted by Crippen LogP contribution is 2.44. The number of ether oxygens (including phenoxy) is 2. The number of benzene rings is 2. The summed E-state index contributed by atoms with van der Waals surface area (Å²) in [5, 5.41) is 12.7. The van der Waals surface area contributed by atoms with Crippen LogP contribution >= 0.6 is 0 Å². The van der Waals surface area contributed by atoms with Crippen LogP contribution in [0, 0.1) is 0 Å². The van der Waals surface area contributed by atoms with Crippen LogP contribution in [0.4, 0.5) is 17.1 Å². The molecule has 2 unspecified atom stereocenters. The molecule has 2 aliphatic rings. The Labute approximate surface area is 193 Å². The van der Waals surface area contributed by atoms with E-state index in [2.05, 4.69) is 46.4 Å². The monoisotopic (exact) mass is 445 g/mol. The zero-order valence-corrected chi connectivity index (χ0v) is 18.5. The summed E-state index contributed by atoms with van der Waals surface area (Å²) in [6, 6.07) is 16.2. The number of aromatic nitrogens is 1. The highest BCUT2D eigenvalue weighted by atomic mass is 16.5. The van der Waals surface area contributed by atoms with E-state index in [-0.39, 0.29) is 18.4 Å². The fourth-order valence-corrected chi connectivity index (χ4v) is 4.64. The third-order valence-electron chi connectivity index (χ3n) is 6.15. The van der Waals surface area contributed by atoms with Crippen molar-refractivity contribution in [3.05, 3.63) is 72.1 Å². The van der Waals surface area contributed by atoms with E-state index in [1.807, 2.05) is 30.5 Å². The number of nitrogens with zero attached hydrogens (tertiary/aromatic N) is 2. The second kappa shape index (κ2) is 9.02. The van der Waals surface area contributed by atoms with Gasteiger partial charge in [0.05, 0.1) is 36.6 Å². The van der Waals surface area contributed by atoms with Gasteiger partial charge in [-0.25, -0.2) is 0 Å². The Morgan fingerprint density at radius 3 is 2.85 bits per heavy atom. The molecule has 0 bridgehead atoms. The first kappa shape index (κ1) is 21.1. The standard InChI is InChI=1S/C26H27N3O4/c1-2-11-29(19-5-4-10-27-14-19)23-7-3-6-21-22(16-33-26(21)23)28-18-8-9-20-17(12-25(30)31)15-32-24(20)13-18/h3-10,13-14,17,22,28H,2,11-12,15-16H2,1H3,(H,30,31). The highest BCUT2D eigenvalue weighted by molar-refractivity contribution is 5.73. The van der Waals surface area contributed by atoms with E-state index in [0.717, 1.165) is 52.7 Å². The second-order valence-electron chi connectivity index (χ2n) is 8.42. The summed E-state index contributed by atoms with van der Waals surface area (Å²) in [7, 11) is 0. The maximum Gasteiger partial charge on any atom is 0.304 e. The van der Waals surface area contributed by atoms with Gasteiger partial charge in [0, 0.05) is 41.5 Å². The smallest absolute Gasteiger partial charge is 0.304 e. The van der Waals surface area contributed by atoms with Gasteiger partial charge in [0.1, 0.15) is 18.1 Å². The first-order chi connectivity index (χ1) is 16.1. The summed E-state index contributed by atoms with van der Waals surface area (Å²) in [6.45, 7) is 3.96. The molecule has 7 nitrogen and oxygen atoms in total. The molecule has 2 aromatic carbocycles. The van der Waals surface area contributed by atoms with Crippen LogP contribution in [0.1, 0.15) is 42.9 Å². The van der Waals surface area contributed by atoms with Crippen LogP contribution in [-0.2, 0) is 4.79 Å². The Bertz CT molecular complexity index is 1150. The normalized spacial score (nSPS) is 18.1. The molecule has 0 radical (unpaired) electrons. The van der Waals surface area contributed by atoms with Crippen molar-refractivity contribution in [3.8, 4) is 11.5 Å². The predicted octanol–water partition coefficient (Wildman–Crippen LogP) is 5.13. The predicted molar refractivity (Wildman–Crippen MR) is 127 cm³/mol. The molecule has 7 heteroatoms. The summed E-state index contributed by atoms with van der Waals surface area (Å²) in [5.74, 6) is 0.746. The van der Waals surface area contributed by atoms with E-state index < -0.39 is 5.97 Å². The van der Waals surface area contributed by atoms with Crippen LogP contribution in [0.3, 0.4) is 0 Å². The number of carboxylic acid groups (broad SMARTS) is 1. The van der Waals surface area contributed by atoms with Gasteiger partial charge in [-0.3, -0.25) is 9.78 Å². The van der Waals surface area contributed by atoms with Crippen LogP contribution in [-0.4, -0.2) is 35.8 Å². The Morgan fingerprint density at radius 2 is 2.06 bits per heavy atom. The fourth-order valence-electron chi connectivity index (χ4n) is 4.64. The average Bonchev–Trinajstić information content (AvgIpc) is 3.42. The van der Waals surface area contributed by atoms with E-state index in [4.69, 9.17) is 14.6 Å². The van der Waals surface area contributed by atoms with E-state index in [0.29, 0.717) is 13.2 Å². The van der Waals surface area contributed by atoms with Crippen LogP contribution in [0.15, 0.2) is 60.9 Å². The number of carboxylic acids is 1. The molecule has 2 atom stereocenters. The molecule has 5 rings (SSSR count). The summed E-state index contributed by atoms with van der Waals surface area (Å²) < 4.78 is 12.0. The van der Waals surface area contributed by atoms with Crippen LogP contribution in [0.5, 0.6) is 11.5 Å². The van der Waals surface area contributed by atoms with E-state index in [1.165, 1.54) is 0 Å². The molecule has 3 aromatic rings. The van der Waals surface area contributed by atoms with Gasteiger partial charge in [0.2, 0.25) is 0 Å². The number of carbonyl (C=O) groups is 1. The molecule has 0 saturated heterocycles. The minimum atomic E-state index is -0.808. The molecular weight excluding hydrogens is 418 g/mol. The van der Waals surface area contributed by atoms with Gasteiger partial charge >= 0.3 is 5.97 Å². The van der Waals surface area contributed by atoms with Crippen LogP contribution in [0.25, 0.3) is 0 Å². The number of aliphatic carboxylic acids is 1. The first-order valence-corrected chi connectivity index (χ1v) is 11.3. The second-order valence-corrected chi connectivity index (χ2v) is 8.42. The molecule has 0 amide bonds. The number of para-hydroxylation sites is 1. The van der Waals surface area contributed by atoms with E-state index in [1.54, 1.807) is 6.20 Å². The lowest BCUT2D eigenvalue weighted by molar-refractivity contribution is -0.137. The molecular formula is C26H27N3O4. The van der Waals surface area contributed by atoms with Crippen molar-refractivity contribution >= 4 is 23.0 Å². The van der Waals surface area contributed by atoms with Gasteiger partial charge in [-0.15, -0.1) is 0 Å². The minimum Gasteiger partial charge on any atom is -0.493 e. The van der Waals surface area contributed by atoms with E-state index in [9.17, 15) is 4.79 Å². The molecule has 2 N–H and O–H groups in total. The SMILES string of the molecule is CCCN(c1cccnc1)c1cccc2c1OCC2Nc1ccc2c(c1)OCC2CC(=O)O. The number of hydrogen-bond acceptors (Lipinski definition) is 6. The van der Waals surface area contributed by atoms with Gasteiger partial charge in [-0.05, 0) is 30.7 Å². The van der Waals surface area contributed by atoms with Gasteiger partial charge in [0.15, 0.2) is 0 Å². The summed E-state index contributed by atoms with van der Waals surface area (Å²) in [5.41, 5.74) is 5.08. The number of hydrogen-bond donors (Lipinski definition) is 2. The topological polar surface area (TPSA) is 83.9 Å². The van der Waals surface area contributed by atoms with Gasteiger partial charge < -0.3 is 24.8 Å². The number of fused-ring (bicyclic) bond motifs is 2. The molecule has 170 valence electrons. The van der Waals surface area contributed by atoms with Gasteiger partial charge in [-0.1, -0.05) is 25.1 Å². The zero-order chi connectivity index (χ0) is 22.8. The Hall–Kier alpha value is -3.74. The van der Waals surface area contributed by atoms with Crippen molar-refractivity contribution in [2.75, 3.05) is 30.0 Å².